The van der Waals surface area contributed by atoms with E-state index in [9.17, 15) is 17.9 Å². The number of hydrogen-bond acceptors (Lipinski definition) is 5. The molecule has 1 fully saturated rings. The average Bonchev–Trinajstić information content (AvgIpc) is 2.92. The summed E-state index contributed by atoms with van der Waals surface area (Å²) < 4.78 is 41.6. The Morgan fingerprint density at radius 1 is 0.947 bits per heavy atom. The molecule has 0 amide bonds. The minimum Gasteiger partial charge on any atom is -0.508 e. The van der Waals surface area contributed by atoms with E-state index in [1.807, 2.05) is 18.3 Å². The fourth-order valence-corrected chi connectivity index (χ4v) is 7.29. The lowest BCUT2D eigenvalue weighted by Crippen LogP contribution is -2.42. The molecule has 3 aromatic rings. The number of aryl methyl sites for hydroxylation is 1. The van der Waals surface area contributed by atoms with Gasteiger partial charge in [0.05, 0.1) is 0 Å². The van der Waals surface area contributed by atoms with Crippen molar-refractivity contribution in [1.29, 1.82) is 0 Å². The van der Waals surface area contributed by atoms with Crippen molar-refractivity contribution in [2.24, 2.45) is 11.8 Å². The number of fused-ring (bicyclic) bond motifs is 1. The van der Waals surface area contributed by atoms with Crippen LogP contribution < -0.4 is 10.0 Å². The maximum absolute atomic E-state index is 13.9. The van der Waals surface area contributed by atoms with Crippen molar-refractivity contribution in [2.75, 3.05) is 13.1 Å². The van der Waals surface area contributed by atoms with E-state index in [2.05, 4.69) is 27.2 Å². The van der Waals surface area contributed by atoms with Gasteiger partial charge in [0.25, 0.3) is 0 Å². The van der Waals surface area contributed by atoms with Gasteiger partial charge in [0.15, 0.2) is 0 Å². The van der Waals surface area contributed by atoms with Crippen LogP contribution in [0.15, 0.2) is 71.9 Å². The third-order valence-electron chi connectivity index (χ3n) is 8.24. The summed E-state index contributed by atoms with van der Waals surface area (Å²) >= 11 is 0. The smallest absolute Gasteiger partial charge is 0.243 e. The fourth-order valence-electron chi connectivity index (χ4n) is 6.09. The van der Waals surface area contributed by atoms with E-state index >= 15 is 0 Å². The Morgan fingerprint density at radius 2 is 1.71 bits per heavy atom. The van der Waals surface area contributed by atoms with Crippen LogP contribution in [0.2, 0.25) is 0 Å². The number of nitrogens with zero attached hydrogens (tertiary/aromatic N) is 1. The van der Waals surface area contributed by atoms with Gasteiger partial charge in [-0.25, -0.2) is 17.5 Å². The van der Waals surface area contributed by atoms with Gasteiger partial charge in [-0.2, -0.15) is 0 Å². The minimum absolute atomic E-state index is 0.264. The first-order valence-electron chi connectivity index (χ1n) is 13.6. The van der Waals surface area contributed by atoms with Crippen LogP contribution in [0.4, 0.5) is 4.39 Å². The van der Waals surface area contributed by atoms with Crippen LogP contribution in [0.5, 0.6) is 5.75 Å². The molecule has 2 aliphatic carbocycles. The second kappa shape index (κ2) is 11.9. The van der Waals surface area contributed by atoms with Crippen LogP contribution in [-0.2, 0) is 22.9 Å². The van der Waals surface area contributed by atoms with Crippen molar-refractivity contribution in [3.63, 3.8) is 0 Å². The van der Waals surface area contributed by atoms with Crippen LogP contribution in [0.3, 0.4) is 0 Å². The number of pyridine rings is 1. The van der Waals surface area contributed by atoms with Gasteiger partial charge in [-0.15, -0.1) is 0 Å². The number of sulfonamides is 1. The molecule has 2 aromatic carbocycles. The Bertz CT molecular complexity index is 1330. The van der Waals surface area contributed by atoms with Crippen molar-refractivity contribution in [1.82, 2.24) is 15.0 Å². The summed E-state index contributed by atoms with van der Waals surface area (Å²) in [6.07, 6.45) is 10.6. The molecular formula is C30H36FN3O3S. The van der Waals surface area contributed by atoms with Gasteiger partial charge in [-0.05, 0) is 110 Å². The standard InChI is InChI=1S/C30H36FN3O3S/c31-28-5-1-2-6-30(28)38(36,37)34-20-22-9-7-21(8-10-22)19-33-29-14-11-24-17-25(35)12-13-26(24)27(29)16-23-4-3-15-32-18-23/h1-6,12-13,15,17-18,21-22,27,29,33-35H,7-11,14,16,19-20H2/t21?,22?,27-,29+/m0/s1. The number of phenols is 1. The Kier molecular flexibility index (Phi) is 8.41. The number of hydrogen-bond donors (Lipinski definition) is 3. The molecule has 2 aliphatic rings. The molecule has 0 unspecified atom stereocenters. The Morgan fingerprint density at radius 3 is 2.45 bits per heavy atom. The minimum atomic E-state index is -3.85. The SMILES string of the molecule is O=S(=O)(NCC1CCC(CN[C@@H]2CCc3cc(O)ccc3[C@@H]2Cc2cccnc2)CC1)c1ccccc1F. The van der Waals surface area contributed by atoms with E-state index < -0.39 is 15.8 Å². The first kappa shape index (κ1) is 26.8. The second-order valence-corrected chi connectivity index (χ2v) is 12.5. The van der Waals surface area contributed by atoms with Gasteiger partial charge >= 0.3 is 0 Å². The molecule has 8 heteroatoms. The molecule has 2 atom stereocenters. The van der Waals surface area contributed by atoms with Gasteiger partial charge in [-0.1, -0.05) is 24.3 Å². The van der Waals surface area contributed by atoms with Crippen molar-refractivity contribution >= 4 is 10.0 Å². The van der Waals surface area contributed by atoms with Crippen molar-refractivity contribution in [3.05, 3.63) is 89.5 Å². The average molecular weight is 538 g/mol. The normalized spacial score (nSPS) is 23.6. The molecule has 0 aliphatic heterocycles. The summed E-state index contributed by atoms with van der Waals surface area (Å²) in [7, 11) is -3.85. The maximum atomic E-state index is 13.9. The lowest BCUT2D eigenvalue weighted by atomic mass is 9.75. The van der Waals surface area contributed by atoms with Crippen LogP contribution in [0.1, 0.15) is 54.7 Å². The topological polar surface area (TPSA) is 91.3 Å². The quantitative estimate of drug-likeness (QED) is 0.360. The lowest BCUT2D eigenvalue weighted by Gasteiger charge is -2.36. The summed E-state index contributed by atoms with van der Waals surface area (Å²) in [5.74, 6) is 0.727. The Balaban J connectivity index is 1.15. The second-order valence-electron chi connectivity index (χ2n) is 10.8. The van der Waals surface area contributed by atoms with Crippen molar-refractivity contribution in [2.45, 2.75) is 61.8 Å². The summed E-state index contributed by atoms with van der Waals surface area (Å²) in [6, 6.07) is 15.7. The summed E-state index contributed by atoms with van der Waals surface area (Å²) in [4.78, 5) is 4.01. The monoisotopic (exact) mass is 537 g/mol. The molecule has 38 heavy (non-hydrogen) atoms. The highest BCUT2D eigenvalue weighted by Crippen LogP contribution is 2.37. The van der Waals surface area contributed by atoms with E-state index in [0.717, 1.165) is 51.5 Å². The molecule has 5 rings (SSSR count). The molecule has 1 aromatic heterocycles. The zero-order valence-corrected chi connectivity index (χ0v) is 22.3. The van der Waals surface area contributed by atoms with Crippen molar-refractivity contribution < 1.29 is 17.9 Å². The molecule has 0 bridgehead atoms. The zero-order valence-electron chi connectivity index (χ0n) is 21.5. The molecule has 1 heterocycles. The van der Waals surface area contributed by atoms with Gasteiger partial charge in [-0.3, -0.25) is 4.98 Å². The number of benzene rings is 2. The summed E-state index contributed by atoms with van der Waals surface area (Å²) in [5.41, 5.74) is 3.75. The van der Waals surface area contributed by atoms with E-state index in [4.69, 9.17) is 0 Å². The molecule has 0 saturated heterocycles. The number of aromatic nitrogens is 1. The first-order valence-corrected chi connectivity index (χ1v) is 15.1. The molecular weight excluding hydrogens is 501 g/mol. The van der Waals surface area contributed by atoms with Crippen LogP contribution in [0, 0.1) is 17.7 Å². The summed E-state index contributed by atoms with van der Waals surface area (Å²) in [6.45, 7) is 1.28. The Labute approximate surface area is 224 Å². The lowest BCUT2D eigenvalue weighted by molar-refractivity contribution is 0.252. The number of nitrogens with one attached hydrogen (secondary N) is 2. The third-order valence-corrected chi connectivity index (χ3v) is 9.69. The number of phenolic OH excluding ortho intramolecular Hbond substituents is 1. The van der Waals surface area contributed by atoms with Crippen molar-refractivity contribution in [3.8, 4) is 5.75 Å². The maximum Gasteiger partial charge on any atom is 0.243 e. The highest BCUT2D eigenvalue weighted by molar-refractivity contribution is 7.89. The van der Waals surface area contributed by atoms with E-state index in [1.165, 1.54) is 41.0 Å². The Hall–Kier alpha value is -2.81. The van der Waals surface area contributed by atoms with Crippen LogP contribution >= 0.6 is 0 Å². The number of aromatic hydroxyl groups is 1. The molecule has 3 N–H and O–H groups in total. The third kappa shape index (κ3) is 6.42. The van der Waals surface area contributed by atoms with E-state index in [0.29, 0.717) is 30.2 Å². The number of rotatable bonds is 9. The van der Waals surface area contributed by atoms with Gasteiger partial charge in [0.2, 0.25) is 10.0 Å². The predicted molar refractivity (Wildman–Crippen MR) is 146 cm³/mol. The van der Waals surface area contributed by atoms with Crippen LogP contribution in [-0.4, -0.2) is 37.6 Å². The molecule has 202 valence electrons. The molecule has 6 nitrogen and oxygen atoms in total. The highest BCUT2D eigenvalue weighted by atomic mass is 32.2. The van der Waals surface area contributed by atoms with Gasteiger partial charge < -0.3 is 10.4 Å². The van der Waals surface area contributed by atoms with E-state index in [1.54, 1.807) is 12.3 Å². The predicted octanol–water partition coefficient (Wildman–Crippen LogP) is 4.94. The van der Waals surface area contributed by atoms with Crippen LogP contribution in [0.25, 0.3) is 0 Å². The zero-order chi connectivity index (χ0) is 26.5. The molecule has 0 radical (unpaired) electrons. The van der Waals surface area contributed by atoms with Gasteiger partial charge in [0, 0.05) is 30.9 Å². The van der Waals surface area contributed by atoms with E-state index in [-0.39, 0.29) is 10.8 Å². The first-order chi connectivity index (χ1) is 18.4. The highest BCUT2D eigenvalue weighted by Gasteiger charge is 2.31. The molecule has 1 saturated carbocycles. The molecule has 0 spiro atoms. The number of halogens is 1. The van der Waals surface area contributed by atoms with Gasteiger partial charge in [0.1, 0.15) is 16.5 Å². The summed E-state index contributed by atoms with van der Waals surface area (Å²) in [5, 5.41) is 13.9. The largest absolute Gasteiger partial charge is 0.508 e. The fraction of sp³-hybridized carbons (Fsp3) is 0.433.